The van der Waals surface area contributed by atoms with Gasteiger partial charge in [0.25, 0.3) is 0 Å². The van der Waals surface area contributed by atoms with Crippen molar-refractivity contribution in [1.82, 2.24) is 19.9 Å². The summed E-state index contributed by atoms with van der Waals surface area (Å²) in [4.78, 5) is 16.6. The number of nitrogens with one attached hydrogen (secondary N) is 2. The van der Waals surface area contributed by atoms with Gasteiger partial charge in [-0.15, -0.1) is 0 Å². The smallest absolute Gasteiger partial charge is 0.224 e. The summed E-state index contributed by atoms with van der Waals surface area (Å²) in [5.41, 5.74) is 3.83. The van der Waals surface area contributed by atoms with Gasteiger partial charge >= 0.3 is 0 Å². The van der Waals surface area contributed by atoms with Crippen LogP contribution >= 0.6 is 22.9 Å². The van der Waals surface area contributed by atoms with Crippen molar-refractivity contribution in [2.45, 2.75) is 25.7 Å². The van der Waals surface area contributed by atoms with E-state index in [1.54, 1.807) is 22.0 Å². The molecule has 1 aliphatic rings. The molecule has 3 heterocycles. The van der Waals surface area contributed by atoms with E-state index < -0.39 is 0 Å². The molecule has 1 aliphatic carbocycles. The number of aromatic nitrogens is 3. The normalized spacial score (nSPS) is 13.8. The van der Waals surface area contributed by atoms with Crippen LogP contribution in [0.5, 0.6) is 0 Å². The number of carbonyl (C=O) groups excluding carboxylic acids is 1. The summed E-state index contributed by atoms with van der Waals surface area (Å²) in [6.07, 6.45) is 8.62. The van der Waals surface area contributed by atoms with Gasteiger partial charge in [-0.2, -0.15) is 21.0 Å². The minimum atomic E-state index is 0.0347. The number of hydrogen-bond acceptors (Lipinski definition) is 5. The average molecular weight is 438 g/mol. The van der Waals surface area contributed by atoms with Crippen LogP contribution in [0, 0.1) is 0 Å². The van der Waals surface area contributed by atoms with Crippen molar-refractivity contribution >= 4 is 59.2 Å². The third-order valence-corrected chi connectivity index (χ3v) is 5.93. The third kappa shape index (κ3) is 4.76. The van der Waals surface area contributed by atoms with Crippen molar-refractivity contribution in [3.05, 3.63) is 57.5 Å². The van der Waals surface area contributed by atoms with Crippen molar-refractivity contribution in [3.8, 4) is 0 Å². The van der Waals surface area contributed by atoms with Gasteiger partial charge in [0.2, 0.25) is 5.91 Å². The van der Waals surface area contributed by atoms with Crippen LogP contribution in [-0.4, -0.2) is 41.4 Å². The molecule has 0 unspecified atom stereocenters. The number of thiophene rings is 1. The molecule has 0 aliphatic heterocycles. The lowest BCUT2D eigenvalue weighted by atomic mass is 10.00. The lowest BCUT2D eigenvalue weighted by Crippen LogP contribution is -2.27. The SMILES string of the molecule is [B]c1cnn2c(NCCCNC(=O)Cc3ccsc3)cc(C3=C(Cl)CCC=C3)nc12. The second kappa shape index (κ2) is 9.49. The molecule has 4 rings (SSSR count). The topological polar surface area (TPSA) is 71.3 Å². The molecular formula is C21H21BClN5OS. The maximum Gasteiger partial charge on any atom is 0.224 e. The quantitative estimate of drug-likeness (QED) is 0.420. The largest absolute Gasteiger partial charge is 0.370 e. The predicted octanol–water partition coefficient (Wildman–Crippen LogP) is 3.05. The van der Waals surface area contributed by atoms with Crippen LogP contribution in [0.3, 0.4) is 0 Å². The first-order valence-corrected chi connectivity index (χ1v) is 11.2. The van der Waals surface area contributed by atoms with Gasteiger partial charge in [-0.3, -0.25) is 4.79 Å². The van der Waals surface area contributed by atoms with Crippen LogP contribution < -0.4 is 16.1 Å². The van der Waals surface area contributed by atoms with E-state index in [1.807, 2.05) is 29.0 Å². The Kier molecular flexibility index (Phi) is 6.54. The molecule has 152 valence electrons. The van der Waals surface area contributed by atoms with Crippen molar-refractivity contribution in [1.29, 1.82) is 0 Å². The number of fused-ring (bicyclic) bond motifs is 1. The molecule has 0 saturated heterocycles. The number of allylic oxidation sites excluding steroid dienone is 4. The molecule has 0 aromatic carbocycles. The molecule has 6 nitrogen and oxygen atoms in total. The molecule has 3 aromatic rings. The lowest BCUT2D eigenvalue weighted by Gasteiger charge is -2.14. The number of halogens is 1. The standard InChI is InChI=1S/C21H21BClN5OS/c22-16-12-26-28-19(11-18(27-21(16)28)15-4-1-2-5-17(15)23)24-7-3-8-25-20(29)10-14-6-9-30-13-14/h1,4,6,9,11-13,24H,2-3,5,7-8,10H2,(H,25,29). The number of rotatable bonds is 8. The average Bonchev–Trinajstić information content (AvgIpc) is 3.38. The fourth-order valence-corrected chi connectivity index (χ4v) is 4.22. The summed E-state index contributed by atoms with van der Waals surface area (Å²) in [7, 11) is 6.06. The molecule has 0 spiro atoms. The molecule has 9 heteroatoms. The Morgan fingerprint density at radius 3 is 3.07 bits per heavy atom. The van der Waals surface area contributed by atoms with Crippen LogP contribution in [0.2, 0.25) is 0 Å². The van der Waals surface area contributed by atoms with E-state index in [-0.39, 0.29) is 5.91 Å². The van der Waals surface area contributed by atoms with Crippen molar-refractivity contribution in [2.24, 2.45) is 0 Å². The molecule has 30 heavy (non-hydrogen) atoms. The first-order valence-electron chi connectivity index (χ1n) is 9.83. The zero-order chi connectivity index (χ0) is 20.9. The fraction of sp³-hybridized carbons (Fsp3) is 0.286. The Hall–Kier alpha value is -2.58. The Balaban J connectivity index is 1.40. The van der Waals surface area contributed by atoms with Crippen molar-refractivity contribution in [2.75, 3.05) is 18.4 Å². The van der Waals surface area contributed by atoms with E-state index in [4.69, 9.17) is 19.4 Å². The highest BCUT2D eigenvalue weighted by atomic mass is 35.5. The number of amides is 1. The van der Waals surface area contributed by atoms with Crippen LogP contribution in [0.15, 0.2) is 46.3 Å². The zero-order valence-corrected chi connectivity index (χ0v) is 18.0. The zero-order valence-electron chi connectivity index (χ0n) is 16.4. The minimum absolute atomic E-state index is 0.0347. The van der Waals surface area contributed by atoms with Gasteiger partial charge in [-0.25, -0.2) is 4.98 Å². The van der Waals surface area contributed by atoms with Gasteiger partial charge < -0.3 is 10.6 Å². The Morgan fingerprint density at radius 1 is 1.37 bits per heavy atom. The van der Waals surface area contributed by atoms with Gasteiger partial charge in [0.05, 0.1) is 12.1 Å². The van der Waals surface area contributed by atoms with Crippen molar-refractivity contribution in [3.63, 3.8) is 0 Å². The van der Waals surface area contributed by atoms with Crippen LogP contribution in [0.1, 0.15) is 30.5 Å². The van der Waals surface area contributed by atoms with E-state index in [2.05, 4.69) is 26.8 Å². The van der Waals surface area contributed by atoms with E-state index in [0.717, 1.165) is 46.9 Å². The number of hydrogen-bond donors (Lipinski definition) is 2. The molecule has 1 amide bonds. The van der Waals surface area contributed by atoms with Gasteiger partial charge in [0.1, 0.15) is 13.7 Å². The molecule has 0 saturated carbocycles. The molecule has 2 radical (unpaired) electrons. The predicted molar refractivity (Wildman–Crippen MR) is 124 cm³/mol. The second-order valence-corrected chi connectivity index (χ2v) is 8.30. The number of nitrogens with zero attached hydrogens (tertiary/aromatic N) is 3. The van der Waals surface area contributed by atoms with Crippen molar-refractivity contribution < 1.29 is 4.79 Å². The monoisotopic (exact) mass is 437 g/mol. The van der Waals surface area contributed by atoms with Gasteiger partial charge in [-0.1, -0.05) is 23.8 Å². The molecule has 0 atom stereocenters. The second-order valence-electron chi connectivity index (χ2n) is 7.06. The highest BCUT2D eigenvalue weighted by Crippen LogP contribution is 2.30. The summed E-state index contributed by atoms with van der Waals surface area (Å²) in [6, 6.07) is 3.90. The van der Waals surface area contributed by atoms with E-state index in [0.29, 0.717) is 30.6 Å². The molecule has 2 N–H and O–H groups in total. The lowest BCUT2D eigenvalue weighted by molar-refractivity contribution is -0.120. The highest BCUT2D eigenvalue weighted by molar-refractivity contribution is 7.08. The third-order valence-electron chi connectivity index (χ3n) is 4.81. The Bertz CT molecular complexity index is 1110. The molecule has 3 aromatic heterocycles. The molecule has 0 bridgehead atoms. The summed E-state index contributed by atoms with van der Waals surface area (Å²) in [5.74, 6) is 0.819. The minimum Gasteiger partial charge on any atom is -0.370 e. The summed E-state index contributed by atoms with van der Waals surface area (Å²) in [6.45, 7) is 1.26. The van der Waals surface area contributed by atoms with Gasteiger partial charge in [-0.05, 0) is 47.1 Å². The van der Waals surface area contributed by atoms with Gasteiger partial charge in [0, 0.05) is 36.0 Å². The summed E-state index contributed by atoms with van der Waals surface area (Å²) >= 11 is 8.03. The highest BCUT2D eigenvalue weighted by Gasteiger charge is 2.14. The Labute approximate surface area is 185 Å². The maximum absolute atomic E-state index is 12.0. The summed E-state index contributed by atoms with van der Waals surface area (Å²) < 4.78 is 1.69. The first kappa shape index (κ1) is 20.7. The fourth-order valence-electron chi connectivity index (χ4n) is 3.28. The number of anilines is 1. The summed E-state index contributed by atoms with van der Waals surface area (Å²) in [5, 5.41) is 15.4. The maximum atomic E-state index is 12.0. The van der Waals surface area contributed by atoms with E-state index >= 15 is 0 Å². The van der Waals surface area contributed by atoms with E-state index in [9.17, 15) is 4.79 Å². The van der Waals surface area contributed by atoms with Gasteiger partial charge in [0.15, 0.2) is 5.65 Å². The molecular weight excluding hydrogens is 417 g/mol. The Morgan fingerprint density at radius 2 is 2.27 bits per heavy atom. The first-order chi connectivity index (χ1) is 14.6. The molecule has 0 fully saturated rings. The number of carbonyl (C=O) groups is 1. The van der Waals surface area contributed by atoms with Crippen LogP contribution in [-0.2, 0) is 11.2 Å². The van der Waals surface area contributed by atoms with Crippen LogP contribution in [0.25, 0.3) is 11.2 Å². The van der Waals surface area contributed by atoms with Crippen LogP contribution in [0.4, 0.5) is 5.82 Å². The van der Waals surface area contributed by atoms with E-state index in [1.165, 1.54) is 0 Å².